The Morgan fingerprint density at radius 3 is 2.89 bits per heavy atom. The minimum absolute atomic E-state index is 0.0214. The third-order valence-corrected chi connectivity index (χ3v) is 5.23. The quantitative estimate of drug-likeness (QED) is 0.730. The molecule has 5 nitrogen and oxygen atoms in total. The molecule has 27 heavy (non-hydrogen) atoms. The molecule has 0 unspecified atom stereocenters. The molecule has 144 valence electrons. The van der Waals surface area contributed by atoms with E-state index in [1.54, 1.807) is 24.4 Å². The minimum Gasteiger partial charge on any atom is -0.493 e. The first-order valence-corrected chi connectivity index (χ1v) is 9.31. The summed E-state index contributed by atoms with van der Waals surface area (Å²) in [4.78, 5) is 17.7. The number of piperidine rings is 1. The van der Waals surface area contributed by atoms with Gasteiger partial charge in [0.25, 0.3) is 0 Å². The topological polar surface area (TPSA) is 63.2 Å². The summed E-state index contributed by atoms with van der Waals surface area (Å²) in [7, 11) is 1.37. The molecule has 7 heteroatoms. The first kappa shape index (κ1) is 19.6. The molecular formula is C20H23ClFN3O2. The standard InChI is InChI=1S/C20H23ClFN3O2/c1-13-8-9-20(25-10-13,12-24-17-7-6-14(21)11-23-17)19(26)15-4-3-5-16(22)18(15)27-2/h3-7,11,13,25H,8-10,12H2,1-2H3,(H,23,24)/t13-,20-/m0/s1. The molecule has 0 saturated carbocycles. The summed E-state index contributed by atoms with van der Waals surface area (Å²) in [5.41, 5.74) is -0.625. The molecular weight excluding hydrogens is 369 g/mol. The van der Waals surface area contributed by atoms with Gasteiger partial charge in [-0.15, -0.1) is 0 Å². The van der Waals surface area contributed by atoms with Gasteiger partial charge in [-0.3, -0.25) is 4.79 Å². The molecule has 1 fully saturated rings. The number of carbonyl (C=O) groups excluding carboxylic acids is 1. The van der Waals surface area contributed by atoms with E-state index >= 15 is 0 Å². The zero-order valence-electron chi connectivity index (χ0n) is 15.4. The number of benzene rings is 1. The third-order valence-electron chi connectivity index (χ3n) is 5.00. The minimum atomic E-state index is -0.866. The summed E-state index contributed by atoms with van der Waals surface area (Å²) < 4.78 is 19.3. The van der Waals surface area contributed by atoms with E-state index in [0.717, 1.165) is 6.42 Å². The molecule has 1 aliphatic heterocycles. The zero-order valence-corrected chi connectivity index (χ0v) is 16.1. The van der Waals surface area contributed by atoms with E-state index in [1.807, 2.05) is 0 Å². The fourth-order valence-electron chi connectivity index (χ4n) is 3.35. The smallest absolute Gasteiger partial charge is 0.188 e. The molecule has 2 N–H and O–H groups in total. The van der Waals surface area contributed by atoms with Crippen LogP contribution in [-0.2, 0) is 0 Å². The number of nitrogens with one attached hydrogen (secondary N) is 2. The van der Waals surface area contributed by atoms with E-state index in [2.05, 4.69) is 22.5 Å². The summed E-state index contributed by atoms with van der Waals surface area (Å²) in [6.07, 6.45) is 3.07. The molecule has 2 heterocycles. The number of nitrogens with zero attached hydrogens (tertiary/aromatic N) is 1. The van der Waals surface area contributed by atoms with Crippen LogP contribution in [0.4, 0.5) is 10.2 Å². The average molecular weight is 392 g/mol. The van der Waals surface area contributed by atoms with Crippen LogP contribution >= 0.6 is 11.6 Å². The SMILES string of the molecule is COc1c(F)cccc1C(=O)[C@@]1(CNc2ccc(Cl)cn2)CC[C@H](C)CN1. The number of methoxy groups -OCH3 is 1. The van der Waals surface area contributed by atoms with Crippen molar-refractivity contribution in [1.82, 2.24) is 10.3 Å². The summed E-state index contributed by atoms with van der Waals surface area (Å²) in [5.74, 6) is 0.335. The van der Waals surface area contributed by atoms with E-state index in [0.29, 0.717) is 36.3 Å². The van der Waals surface area contributed by atoms with Crippen LogP contribution in [0.3, 0.4) is 0 Å². The molecule has 0 aliphatic carbocycles. The number of hydrogen-bond acceptors (Lipinski definition) is 5. The van der Waals surface area contributed by atoms with Gasteiger partial charge in [0.15, 0.2) is 17.3 Å². The lowest BCUT2D eigenvalue weighted by molar-refractivity contribution is 0.0802. The van der Waals surface area contributed by atoms with Crippen molar-refractivity contribution in [3.05, 3.63) is 52.9 Å². The highest BCUT2D eigenvalue weighted by molar-refractivity contribution is 6.30. The van der Waals surface area contributed by atoms with Gasteiger partial charge >= 0.3 is 0 Å². The second-order valence-electron chi connectivity index (χ2n) is 6.97. The van der Waals surface area contributed by atoms with Crippen molar-refractivity contribution < 1.29 is 13.9 Å². The number of halogens is 2. The number of hydrogen-bond donors (Lipinski definition) is 2. The molecule has 1 aromatic heterocycles. The predicted octanol–water partition coefficient (Wildman–Crippen LogP) is 3.94. The molecule has 0 bridgehead atoms. The van der Waals surface area contributed by atoms with Crippen molar-refractivity contribution in [1.29, 1.82) is 0 Å². The molecule has 1 aliphatic rings. The van der Waals surface area contributed by atoms with Crippen molar-refractivity contribution in [3.8, 4) is 5.75 Å². The van der Waals surface area contributed by atoms with Crippen LogP contribution < -0.4 is 15.4 Å². The maximum Gasteiger partial charge on any atom is 0.188 e. The van der Waals surface area contributed by atoms with Crippen LogP contribution in [0.25, 0.3) is 0 Å². The summed E-state index contributed by atoms with van der Waals surface area (Å²) in [6.45, 7) is 3.17. The Kier molecular flexibility index (Phi) is 5.97. The molecule has 3 rings (SSSR count). The van der Waals surface area contributed by atoms with Crippen LogP contribution in [0.15, 0.2) is 36.5 Å². The van der Waals surface area contributed by atoms with Crippen LogP contribution in [-0.4, -0.2) is 36.5 Å². The van der Waals surface area contributed by atoms with E-state index in [9.17, 15) is 9.18 Å². The number of anilines is 1. The van der Waals surface area contributed by atoms with Gasteiger partial charge in [0, 0.05) is 12.7 Å². The lowest BCUT2D eigenvalue weighted by Gasteiger charge is -2.39. The molecule has 1 aromatic carbocycles. The maximum absolute atomic E-state index is 14.1. The number of rotatable bonds is 6. The molecule has 0 spiro atoms. The van der Waals surface area contributed by atoms with Crippen LogP contribution in [0.5, 0.6) is 5.75 Å². The third kappa shape index (κ3) is 4.22. The Morgan fingerprint density at radius 2 is 2.26 bits per heavy atom. The normalized spacial score (nSPS) is 22.3. The zero-order chi connectivity index (χ0) is 19.4. The molecule has 0 amide bonds. The highest BCUT2D eigenvalue weighted by Gasteiger charge is 2.42. The maximum atomic E-state index is 14.1. The number of Topliss-reactive ketones (excluding diaryl/α,β-unsaturated/α-hetero) is 1. The molecule has 1 saturated heterocycles. The highest BCUT2D eigenvalue weighted by Crippen LogP contribution is 2.31. The predicted molar refractivity (Wildman–Crippen MR) is 104 cm³/mol. The van der Waals surface area contributed by atoms with E-state index in [4.69, 9.17) is 16.3 Å². The van der Waals surface area contributed by atoms with Gasteiger partial charge in [0.1, 0.15) is 5.82 Å². The average Bonchev–Trinajstić information content (AvgIpc) is 2.68. The van der Waals surface area contributed by atoms with Gasteiger partial charge in [0.05, 0.1) is 23.2 Å². The number of pyridine rings is 1. The van der Waals surface area contributed by atoms with Crippen LogP contribution in [0.2, 0.25) is 5.02 Å². The van der Waals surface area contributed by atoms with Crippen molar-refractivity contribution >= 4 is 23.2 Å². The van der Waals surface area contributed by atoms with E-state index < -0.39 is 11.4 Å². The van der Waals surface area contributed by atoms with Gasteiger partial charge < -0.3 is 15.4 Å². The van der Waals surface area contributed by atoms with Crippen LogP contribution in [0.1, 0.15) is 30.1 Å². The van der Waals surface area contributed by atoms with Crippen molar-refractivity contribution in [3.63, 3.8) is 0 Å². The Hall–Kier alpha value is -2.18. The Morgan fingerprint density at radius 1 is 1.44 bits per heavy atom. The Balaban J connectivity index is 1.89. The van der Waals surface area contributed by atoms with Crippen LogP contribution in [0, 0.1) is 11.7 Å². The summed E-state index contributed by atoms with van der Waals surface area (Å²) in [5, 5.41) is 7.14. The number of ether oxygens (including phenoxy) is 1. The second-order valence-corrected chi connectivity index (χ2v) is 7.41. The number of aromatic nitrogens is 1. The number of para-hydroxylation sites is 1. The number of carbonyl (C=O) groups is 1. The van der Waals surface area contributed by atoms with Gasteiger partial charge in [-0.2, -0.15) is 0 Å². The lowest BCUT2D eigenvalue weighted by atomic mass is 9.79. The fraction of sp³-hybridized carbons (Fsp3) is 0.400. The monoisotopic (exact) mass is 391 g/mol. The van der Waals surface area contributed by atoms with E-state index in [-0.39, 0.29) is 17.1 Å². The first-order chi connectivity index (χ1) is 12.9. The van der Waals surface area contributed by atoms with E-state index in [1.165, 1.54) is 19.2 Å². The molecule has 2 atom stereocenters. The Bertz CT molecular complexity index is 805. The first-order valence-electron chi connectivity index (χ1n) is 8.93. The summed E-state index contributed by atoms with van der Waals surface area (Å²) >= 11 is 5.88. The van der Waals surface area contributed by atoms with Gasteiger partial charge in [-0.05, 0) is 49.6 Å². The van der Waals surface area contributed by atoms with Gasteiger partial charge in [-0.25, -0.2) is 9.37 Å². The van der Waals surface area contributed by atoms with Crippen molar-refractivity contribution in [2.45, 2.75) is 25.3 Å². The van der Waals surface area contributed by atoms with Crippen molar-refractivity contribution in [2.24, 2.45) is 5.92 Å². The largest absolute Gasteiger partial charge is 0.493 e. The summed E-state index contributed by atoms with van der Waals surface area (Å²) in [6, 6.07) is 7.91. The second kappa shape index (κ2) is 8.23. The fourth-order valence-corrected chi connectivity index (χ4v) is 3.46. The Labute approximate surface area is 163 Å². The van der Waals surface area contributed by atoms with Crippen molar-refractivity contribution in [2.75, 3.05) is 25.5 Å². The van der Waals surface area contributed by atoms with Gasteiger partial charge in [0.2, 0.25) is 0 Å². The number of ketones is 1. The lowest BCUT2D eigenvalue weighted by Crippen LogP contribution is -2.60. The van der Waals surface area contributed by atoms with Gasteiger partial charge in [-0.1, -0.05) is 24.6 Å². The molecule has 0 radical (unpaired) electrons. The molecule has 2 aromatic rings. The highest BCUT2D eigenvalue weighted by atomic mass is 35.5.